The number of hydrogen-bond acceptors (Lipinski definition) is 0. The van der Waals surface area contributed by atoms with Gasteiger partial charge in [0, 0.05) is 0 Å². The van der Waals surface area contributed by atoms with Gasteiger partial charge in [-0.25, -0.2) is 0 Å². The van der Waals surface area contributed by atoms with Gasteiger partial charge in [0.15, 0.2) is 0 Å². The zero-order valence-electron chi connectivity index (χ0n) is 10.1. The molecule has 1 radical (unpaired) electrons. The van der Waals surface area contributed by atoms with E-state index in [-0.39, 0.29) is 0 Å². The molecule has 2 aromatic carbocycles. The van der Waals surface area contributed by atoms with Gasteiger partial charge in [-0.3, -0.25) is 0 Å². The van der Waals surface area contributed by atoms with Gasteiger partial charge in [0.05, 0.1) is 0 Å². The molecule has 0 nitrogen and oxygen atoms in total. The van der Waals surface area contributed by atoms with E-state index in [1.165, 1.54) is 11.1 Å². The standard InChI is InChI=1S/C17H17/c1-15(14-17-10-6-3-7-11-17)12-13-16-8-4-2-5-9-16/h2-15H,1H3. The predicted molar refractivity (Wildman–Crippen MR) is 74.5 cm³/mol. The van der Waals surface area contributed by atoms with E-state index in [4.69, 9.17) is 0 Å². The van der Waals surface area contributed by atoms with Crippen molar-refractivity contribution in [2.75, 3.05) is 0 Å². The molecule has 0 bridgehead atoms. The molecule has 0 saturated heterocycles. The molecule has 0 aliphatic rings. The van der Waals surface area contributed by atoms with Crippen LogP contribution < -0.4 is 0 Å². The van der Waals surface area contributed by atoms with Crippen LogP contribution in [0.25, 0.3) is 6.08 Å². The van der Waals surface area contributed by atoms with Crippen molar-refractivity contribution >= 4 is 6.08 Å². The Balaban J connectivity index is 1.94. The highest BCUT2D eigenvalue weighted by Gasteiger charge is 1.99. The van der Waals surface area contributed by atoms with Crippen LogP contribution in [-0.4, -0.2) is 0 Å². The van der Waals surface area contributed by atoms with Gasteiger partial charge in [0.1, 0.15) is 0 Å². The van der Waals surface area contributed by atoms with Crippen molar-refractivity contribution in [3.63, 3.8) is 0 Å². The number of allylic oxidation sites excluding steroid dienone is 1. The summed E-state index contributed by atoms with van der Waals surface area (Å²) in [5.41, 5.74) is 2.53. The second-order valence-corrected chi connectivity index (χ2v) is 4.21. The Labute approximate surface area is 104 Å². The molecule has 0 aromatic heterocycles. The summed E-state index contributed by atoms with van der Waals surface area (Å²) in [6.45, 7) is 2.20. The first-order valence-corrected chi connectivity index (χ1v) is 5.98. The first-order valence-electron chi connectivity index (χ1n) is 5.98. The molecule has 0 amide bonds. The normalized spacial score (nSPS) is 12.8. The summed E-state index contributed by atoms with van der Waals surface area (Å²) in [7, 11) is 0. The van der Waals surface area contributed by atoms with Crippen LogP contribution in [0.3, 0.4) is 0 Å². The minimum atomic E-state index is 0.442. The lowest BCUT2D eigenvalue weighted by atomic mass is 10.00. The highest BCUT2D eigenvalue weighted by Crippen LogP contribution is 2.13. The zero-order valence-corrected chi connectivity index (χ0v) is 10.1. The van der Waals surface area contributed by atoms with Crippen molar-refractivity contribution in [1.29, 1.82) is 0 Å². The third kappa shape index (κ3) is 3.92. The molecule has 1 unspecified atom stereocenters. The molecule has 1 atom stereocenters. The minimum absolute atomic E-state index is 0.442. The maximum absolute atomic E-state index is 2.26. The van der Waals surface area contributed by atoms with Gasteiger partial charge in [-0.1, -0.05) is 79.7 Å². The lowest BCUT2D eigenvalue weighted by molar-refractivity contribution is 0.878. The van der Waals surface area contributed by atoms with E-state index in [9.17, 15) is 0 Å². The van der Waals surface area contributed by atoms with Gasteiger partial charge >= 0.3 is 0 Å². The van der Waals surface area contributed by atoms with E-state index in [1.54, 1.807) is 0 Å². The van der Waals surface area contributed by atoms with Gasteiger partial charge in [-0.15, -0.1) is 0 Å². The smallest absolute Gasteiger partial charge is 0.00272 e. The number of benzene rings is 2. The molecule has 0 aliphatic carbocycles. The first kappa shape index (κ1) is 11.7. The number of hydrogen-bond donors (Lipinski definition) is 0. The average Bonchev–Trinajstić information content (AvgIpc) is 2.39. The fourth-order valence-corrected chi connectivity index (χ4v) is 1.75. The van der Waals surface area contributed by atoms with E-state index in [2.05, 4.69) is 74.0 Å². The molecule has 17 heavy (non-hydrogen) atoms. The molecule has 0 spiro atoms. The number of rotatable bonds is 4. The Morgan fingerprint density at radius 1 is 0.765 bits per heavy atom. The van der Waals surface area contributed by atoms with Gasteiger partial charge in [-0.05, 0) is 23.5 Å². The van der Waals surface area contributed by atoms with Crippen LogP contribution in [-0.2, 0) is 0 Å². The fraction of sp³-hybridized carbons (Fsp3) is 0.118. The lowest BCUT2D eigenvalue weighted by Gasteiger charge is -2.05. The molecule has 2 aromatic rings. The summed E-state index contributed by atoms with van der Waals surface area (Å²) in [6.07, 6.45) is 6.66. The Morgan fingerprint density at radius 2 is 1.29 bits per heavy atom. The van der Waals surface area contributed by atoms with E-state index >= 15 is 0 Å². The van der Waals surface area contributed by atoms with Crippen molar-refractivity contribution in [2.45, 2.75) is 6.92 Å². The van der Waals surface area contributed by atoms with Crippen molar-refractivity contribution in [3.05, 3.63) is 84.3 Å². The van der Waals surface area contributed by atoms with Crippen molar-refractivity contribution < 1.29 is 0 Å². The predicted octanol–water partition coefficient (Wildman–Crippen LogP) is 4.59. The fourth-order valence-electron chi connectivity index (χ4n) is 1.75. The highest BCUT2D eigenvalue weighted by molar-refractivity contribution is 5.49. The molecular formula is C17H17. The summed E-state index contributed by atoms with van der Waals surface area (Å²) >= 11 is 0. The van der Waals surface area contributed by atoms with Crippen LogP contribution in [0.1, 0.15) is 18.1 Å². The molecule has 0 saturated carbocycles. The minimum Gasteiger partial charge on any atom is -0.0805 e. The van der Waals surface area contributed by atoms with Gasteiger partial charge in [-0.2, -0.15) is 0 Å². The van der Waals surface area contributed by atoms with Crippen LogP contribution in [0.15, 0.2) is 66.7 Å². The average molecular weight is 221 g/mol. The molecular weight excluding hydrogens is 204 g/mol. The second kappa shape index (κ2) is 6.05. The van der Waals surface area contributed by atoms with Gasteiger partial charge in [0.25, 0.3) is 0 Å². The van der Waals surface area contributed by atoms with E-state index in [0.717, 1.165) is 0 Å². The maximum Gasteiger partial charge on any atom is -0.00272 e. The molecule has 0 heteroatoms. The molecule has 0 fully saturated rings. The van der Waals surface area contributed by atoms with E-state index < -0.39 is 0 Å². The van der Waals surface area contributed by atoms with Crippen molar-refractivity contribution in [1.82, 2.24) is 0 Å². The Kier molecular flexibility index (Phi) is 4.15. The van der Waals surface area contributed by atoms with Crippen LogP contribution in [0, 0.1) is 12.3 Å². The van der Waals surface area contributed by atoms with E-state index in [1.807, 2.05) is 12.1 Å². The summed E-state index contributed by atoms with van der Waals surface area (Å²) in [4.78, 5) is 0. The highest BCUT2D eigenvalue weighted by atomic mass is 14.0. The van der Waals surface area contributed by atoms with E-state index in [0.29, 0.717) is 5.92 Å². The Bertz CT molecular complexity index is 454. The summed E-state index contributed by atoms with van der Waals surface area (Å²) in [6, 6.07) is 20.8. The molecule has 0 N–H and O–H groups in total. The van der Waals surface area contributed by atoms with Crippen LogP contribution in [0.4, 0.5) is 0 Å². The maximum atomic E-state index is 2.26. The Hall–Kier alpha value is -1.82. The van der Waals surface area contributed by atoms with Crippen molar-refractivity contribution in [3.8, 4) is 0 Å². The third-order valence-corrected chi connectivity index (χ3v) is 2.65. The molecule has 85 valence electrons. The first-order chi connectivity index (χ1) is 8.34. The summed E-state index contributed by atoms with van der Waals surface area (Å²) < 4.78 is 0. The summed E-state index contributed by atoms with van der Waals surface area (Å²) in [5, 5.41) is 0. The topological polar surface area (TPSA) is 0 Å². The Morgan fingerprint density at radius 3 is 1.88 bits per heavy atom. The van der Waals surface area contributed by atoms with Crippen LogP contribution in [0.2, 0.25) is 0 Å². The monoisotopic (exact) mass is 221 g/mol. The molecule has 2 rings (SSSR count). The molecule has 0 heterocycles. The SMILES string of the molecule is CC([CH]c1ccccc1)C=Cc1ccccc1. The van der Waals surface area contributed by atoms with Crippen LogP contribution in [0.5, 0.6) is 0 Å². The summed E-state index contributed by atoms with van der Waals surface area (Å²) in [5.74, 6) is 0.442. The lowest BCUT2D eigenvalue weighted by Crippen LogP contribution is -1.92. The zero-order chi connectivity index (χ0) is 11.9. The van der Waals surface area contributed by atoms with Crippen LogP contribution >= 0.6 is 0 Å². The largest absolute Gasteiger partial charge is 0.0805 e. The van der Waals surface area contributed by atoms with Crippen molar-refractivity contribution in [2.24, 2.45) is 5.92 Å². The quantitative estimate of drug-likeness (QED) is 0.708. The van der Waals surface area contributed by atoms with Gasteiger partial charge in [0.2, 0.25) is 0 Å². The molecule has 0 aliphatic heterocycles. The third-order valence-electron chi connectivity index (χ3n) is 2.65. The van der Waals surface area contributed by atoms with Gasteiger partial charge < -0.3 is 0 Å². The second-order valence-electron chi connectivity index (χ2n) is 4.21.